The fourth-order valence-corrected chi connectivity index (χ4v) is 3.84. The van der Waals surface area contributed by atoms with Crippen LogP contribution < -0.4 is 10.6 Å². The SMILES string of the molecule is CC1CCC2(CC1)NC(=O)N(CC(=O)NC[C@@H]1CCCOC1)C2=O. The van der Waals surface area contributed by atoms with Crippen molar-refractivity contribution in [3.05, 3.63) is 0 Å². The summed E-state index contributed by atoms with van der Waals surface area (Å²) < 4.78 is 5.39. The van der Waals surface area contributed by atoms with E-state index in [-0.39, 0.29) is 18.4 Å². The molecule has 2 N–H and O–H groups in total. The molecule has 0 radical (unpaired) electrons. The number of ether oxygens (including phenoxy) is 1. The van der Waals surface area contributed by atoms with Crippen molar-refractivity contribution in [3.63, 3.8) is 0 Å². The van der Waals surface area contributed by atoms with Gasteiger partial charge in [-0.2, -0.15) is 0 Å². The molecule has 0 aromatic rings. The summed E-state index contributed by atoms with van der Waals surface area (Å²) in [7, 11) is 0. The monoisotopic (exact) mass is 337 g/mol. The van der Waals surface area contributed by atoms with Crippen LogP contribution in [0.25, 0.3) is 0 Å². The highest BCUT2D eigenvalue weighted by Crippen LogP contribution is 2.36. The third-order valence-electron chi connectivity index (χ3n) is 5.52. The molecule has 3 aliphatic rings. The molecule has 24 heavy (non-hydrogen) atoms. The van der Waals surface area contributed by atoms with E-state index in [0.29, 0.717) is 37.8 Å². The van der Waals surface area contributed by atoms with Crippen molar-refractivity contribution >= 4 is 17.8 Å². The molecule has 0 unspecified atom stereocenters. The van der Waals surface area contributed by atoms with Crippen molar-refractivity contribution in [2.45, 2.75) is 51.0 Å². The van der Waals surface area contributed by atoms with E-state index in [9.17, 15) is 14.4 Å². The molecule has 1 atom stereocenters. The molecule has 1 spiro atoms. The van der Waals surface area contributed by atoms with E-state index in [0.717, 1.165) is 37.2 Å². The maximum atomic E-state index is 12.7. The Bertz CT molecular complexity index is 508. The highest BCUT2D eigenvalue weighted by atomic mass is 16.5. The van der Waals surface area contributed by atoms with Crippen LogP contribution in [0.5, 0.6) is 0 Å². The molecule has 3 fully saturated rings. The topological polar surface area (TPSA) is 87.7 Å². The van der Waals surface area contributed by atoms with Crippen LogP contribution in [-0.4, -0.2) is 54.6 Å². The first-order valence-corrected chi connectivity index (χ1v) is 8.99. The summed E-state index contributed by atoms with van der Waals surface area (Å²) in [6.07, 6.45) is 5.22. The number of carbonyl (C=O) groups is 3. The van der Waals surface area contributed by atoms with Crippen molar-refractivity contribution in [1.29, 1.82) is 0 Å². The molecular weight excluding hydrogens is 310 g/mol. The third-order valence-corrected chi connectivity index (χ3v) is 5.52. The lowest BCUT2D eigenvalue weighted by molar-refractivity contribution is -0.136. The number of amides is 4. The van der Waals surface area contributed by atoms with E-state index in [1.807, 2.05) is 0 Å². The molecule has 1 saturated carbocycles. The van der Waals surface area contributed by atoms with Gasteiger partial charge in [0.1, 0.15) is 12.1 Å². The first-order valence-electron chi connectivity index (χ1n) is 8.99. The summed E-state index contributed by atoms with van der Waals surface area (Å²) in [5, 5.41) is 5.66. The molecule has 0 aromatic carbocycles. The molecule has 3 rings (SSSR count). The van der Waals surface area contributed by atoms with Gasteiger partial charge in [0, 0.05) is 13.2 Å². The second kappa shape index (κ2) is 7.09. The van der Waals surface area contributed by atoms with Crippen molar-refractivity contribution in [1.82, 2.24) is 15.5 Å². The van der Waals surface area contributed by atoms with Crippen LogP contribution in [0.2, 0.25) is 0 Å². The number of nitrogens with zero attached hydrogens (tertiary/aromatic N) is 1. The molecule has 4 amide bonds. The van der Waals surface area contributed by atoms with Crippen LogP contribution in [0, 0.1) is 11.8 Å². The first kappa shape index (κ1) is 17.2. The smallest absolute Gasteiger partial charge is 0.325 e. The normalized spacial score (nSPS) is 33.6. The Balaban J connectivity index is 1.51. The number of urea groups is 1. The Morgan fingerprint density at radius 2 is 2.08 bits per heavy atom. The van der Waals surface area contributed by atoms with Crippen molar-refractivity contribution in [2.24, 2.45) is 11.8 Å². The lowest BCUT2D eigenvalue weighted by atomic mass is 9.77. The summed E-state index contributed by atoms with van der Waals surface area (Å²) in [4.78, 5) is 38.1. The van der Waals surface area contributed by atoms with Gasteiger partial charge in [0.05, 0.1) is 6.61 Å². The van der Waals surface area contributed by atoms with E-state index in [2.05, 4.69) is 17.6 Å². The van der Waals surface area contributed by atoms with Crippen LogP contribution in [0.15, 0.2) is 0 Å². The zero-order chi connectivity index (χ0) is 17.2. The van der Waals surface area contributed by atoms with Crippen molar-refractivity contribution in [2.75, 3.05) is 26.3 Å². The predicted molar refractivity (Wildman–Crippen MR) is 87.2 cm³/mol. The molecular formula is C17H27N3O4. The van der Waals surface area contributed by atoms with Crippen LogP contribution in [0.4, 0.5) is 4.79 Å². The van der Waals surface area contributed by atoms with Crippen LogP contribution in [0.3, 0.4) is 0 Å². The minimum Gasteiger partial charge on any atom is -0.381 e. The largest absolute Gasteiger partial charge is 0.381 e. The van der Waals surface area contributed by atoms with E-state index in [1.54, 1.807) is 0 Å². The second-order valence-electron chi connectivity index (χ2n) is 7.47. The van der Waals surface area contributed by atoms with Crippen LogP contribution >= 0.6 is 0 Å². The van der Waals surface area contributed by atoms with Gasteiger partial charge in [0.2, 0.25) is 5.91 Å². The summed E-state index contributed by atoms with van der Waals surface area (Å²) in [5.41, 5.74) is -0.777. The molecule has 0 aromatic heterocycles. The van der Waals surface area contributed by atoms with E-state index < -0.39 is 11.6 Å². The van der Waals surface area contributed by atoms with E-state index >= 15 is 0 Å². The number of nitrogens with one attached hydrogen (secondary N) is 2. The highest BCUT2D eigenvalue weighted by Gasteiger charge is 2.52. The minimum atomic E-state index is -0.777. The molecule has 2 heterocycles. The predicted octanol–water partition coefficient (Wildman–Crippen LogP) is 1.03. The maximum Gasteiger partial charge on any atom is 0.325 e. The summed E-state index contributed by atoms with van der Waals surface area (Å²) in [5.74, 6) is 0.369. The second-order valence-corrected chi connectivity index (χ2v) is 7.47. The molecule has 7 heteroatoms. The van der Waals surface area contributed by atoms with Gasteiger partial charge < -0.3 is 15.4 Å². The Hall–Kier alpha value is -1.63. The standard InChI is InChI=1S/C17H27N3O4/c1-12-4-6-17(7-5-12)15(22)20(16(23)19-17)10-14(21)18-9-13-3-2-8-24-11-13/h12-13H,2-11H2,1H3,(H,18,21)(H,19,23)/t12?,13-,17?/m0/s1. The molecule has 2 saturated heterocycles. The Morgan fingerprint density at radius 3 is 2.75 bits per heavy atom. The summed E-state index contributed by atoms with van der Waals surface area (Å²) in [6, 6.07) is -0.439. The van der Waals surface area contributed by atoms with Crippen molar-refractivity contribution in [3.8, 4) is 0 Å². The van der Waals surface area contributed by atoms with Gasteiger partial charge in [-0.05, 0) is 50.4 Å². The zero-order valence-corrected chi connectivity index (χ0v) is 14.3. The zero-order valence-electron chi connectivity index (χ0n) is 14.3. The van der Waals surface area contributed by atoms with Gasteiger partial charge in [0.25, 0.3) is 5.91 Å². The molecule has 0 bridgehead atoms. The molecule has 2 aliphatic heterocycles. The summed E-state index contributed by atoms with van der Waals surface area (Å²) in [6.45, 7) is 3.94. The third kappa shape index (κ3) is 3.55. The van der Waals surface area contributed by atoms with E-state index in [4.69, 9.17) is 4.74 Å². The quantitative estimate of drug-likeness (QED) is 0.750. The van der Waals surface area contributed by atoms with Gasteiger partial charge in [-0.1, -0.05) is 6.92 Å². The Kier molecular flexibility index (Phi) is 5.08. The molecule has 134 valence electrons. The fourth-order valence-electron chi connectivity index (χ4n) is 3.84. The van der Waals surface area contributed by atoms with Crippen LogP contribution in [0.1, 0.15) is 45.4 Å². The van der Waals surface area contributed by atoms with Gasteiger partial charge in [-0.3, -0.25) is 14.5 Å². The van der Waals surface area contributed by atoms with Gasteiger partial charge in [0.15, 0.2) is 0 Å². The number of carbonyl (C=O) groups excluding carboxylic acids is 3. The molecule has 1 aliphatic carbocycles. The number of rotatable bonds is 4. The lowest BCUT2D eigenvalue weighted by Gasteiger charge is -2.33. The number of hydrogen-bond donors (Lipinski definition) is 2. The first-order chi connectivity index (χ1) is 11.5. The average molecular weight is 337 g/mol. The maximum absolute atomic E-state index is 12.7. The van der Waals surface area contributed by atoms with Gasteiger partial charge in [-0.25, -0.2) is 4.79 Å². The molecule has 7 nitrogen and oxygen atoms in total. The number of imide groups is 1. The summed E-state index contributed by atoms with van der Waals surface area (Å²) >= 11 is 0. The Morgan fingerprint density at radius 1 is 1.33 bits per heavy atom. The average Bonchev–Trinajstić information content (AvgIpc) is 2.81. The fraction of sp³-hybridized carbons (Fsp3) is 0.824. The lowest BCUT2D eigenvalue weighted by Crippen LogP contribution is -2.50. The highest BCUT2D eigenvalue weighted by molar-refractivity contribution is 6.09. The van der Waals surface area contributed by atoms with Crippen LogP contribution in [-0.2, 0) is 14.3 Å². The number of hydrogen-bond acceptors (Lipinski definition) is 4. The Labute approximate surface area is 142 Å². The van der Waals surface area contributed by atoms with Gasteiger partial charge >= 0.3 is 6.03 Å². The van der Waals surface area contributed by atoms with E-state index in [1.165, 1.54) is 0 Å². The van der Waals surface area contributed by atoms with Crippen molar-refractivity contribution < 1.29 is 19.1 Å². The van der Waals surface area contributed by atoms with Gasteiger partial charge in [-0.15, -0.1) is 0 Å². The minimum absolute atomic E-state index is 0.199.